The third kappa shape index (κ3) is 13.5. The number of hydrogen-bond acceptors (Lipinski definition) is 7. The van der Waals surface area contributed by atoms with E-state index in [1.54, 1.807) is 0 Å². The Balaban J connectivity index is 1.12. The van der Waals surface area contributed by atoms with Crippen LogP contribution in [0.25, 0.3) is 0 Å². The van der Waals surface area contributed by atoms with Gasteiger partial charge in [0.1, 0.15) is 0 Å². The maximum Gasteiger partial charge on any atom is 0.219 e. The predicted molar refractivity (Wildman–Crippen MR) is 163 cm³/mol. The fourth-order valence-corrected chi connectivity index (χ4v) is 5.92. The van der Waals surface area contributed by atoms with Gasteiger partial charge in [0.2, 0.25) is 5.91 Å². The zero-order chi connectivity index (χ0) is 29.0. The number of piperazine rings is 1. The van der Waals surface area contributed by atoms with E-state index in [9.17, 15) is 4.79 Å². The molecule has 0 aromatic heterocycles. The Morgan fingerprint density at radius 2 is 1.27 bits per heavy atom. The topological polar surface area (TPSA) is 66.5 Å². The smallest absolute Gasteiger partial charge is 0.219 e. The van der Waals surface area contributed by atoms with Gasteiger partial charge >= 0.3 is 0 Å². The number of rotatable bonds is 17. The predicted octanol–water partition coefficient (Wildman–Crippen LogP) is 4.03. The van der Waals surface area contributed by atoms with Crippen LogP contribution in [0.4, 0.5) is 0 Å². The third-order valence-corrected chi connectivity index (χ3v) is 8.81. The minimum absolute atomic E-state index is 0.152. The van der Waals surface area contributed by atoms with Crippen molar-refractivity contribution < 1.29 is 19.0 Å². The molecule has 1 amide bonds. The number of nitrogens with one attached hydrogen (secondary N) is 1. The molecule has 2 saturated heterocycles. The summed E-state index contributed by atoms with van der Waals surface area (Å²) in [6.45, 7) is 27.0. The minimum atomic E-state index is 0.152. The molecule has 3 rings (SSSR count). The molecule has 0 bridgehead atoms. The normalized spacial score (nSPS) is 24.2. The molecule has 1 saturated carbocycles. The lowest BCUT2D eigenvalue weighted by Gasteiger charge is -2.40. The SMILES string of the molecule is CCC(=O)N[C@H]1C[C@H](OC2CCN(CCOCCC(C)(C)CCOCCN3CCN(CC(C)(C)C)CC3)CC2)C1. The van der Waals surface area contributed by atoms with Crippen LogP contribution < -0.4 is 5.32 Å². The summed E-state index contributed by atoms with van der Waals surface area (Å²) in [5.74, 6) is 0.152. The molecule has 1 aliphatic carbocycles. The van der Waals surface area contributed by atoms with Crippen LogP contribution in [-0.4, -0.2) is 124 Å². The van der Waals surface area contributed by atoms with E-state index in [1.165, 1.54) is 19.6 Å². The molecule has 0 unspecified atom stereocenters. The molecule has 2 aliphatic heterocycles. The number of likely N-dealkylation sites (tertiary alicyclic amines) is 1. The fourth-order valence-electron chi connectivity index (χ4n) is 5.92. The monoisotopic (exact) mass is 566 g/mol. The van der Waals surface area contributed by atoms with E-state index < -0.39 is 0 Å². The quantitative estimate of drug-likeness (QED) is 0.267. The van der Waals surface area contributed by atoms with E-state index in [1.807, 2.05) is 6.92 Å². The summed E-state index contributed by atoms with van der Waals surface area (Å²) >= 11 is 0. The summed E-state index contributed by atoms with van der Waals surface area (Å²) in [6.07, 6.45) is 7.56. The second-order valence-corrected chi connectivity index (χ2v) is 14.5. The molecule has 1 N–H and O–H groups in total. The third-order valence-electron chi connectivity index (χ3n) is 8.81. The summed E-state index contributed by atoms with van der Waals surface area (Å²) in [4.78, 5) is 19.1. The molecule has 40 heavy (non-hydrogen) atoms. The number of hydrogen-bond donors (Lipinski definition) is 1. The van der Waals surface area contributed by atoms with Crippen molar-refractivity contribution in [2.75, 3.05) is 85.3 Å². The standard InChI is InChI=1S/C32H62N4O4/c1-7-30(37)33-27-24-29(25-27)40-28-8-12-34(13-9-28)18-22-38-20-10-32(5,6)11-21-39-23-19-35-14-16-36(17-15-35)26-31(2,3)4/h27-29H,7-26H2,1-6H3,(H,33,37)/t27-,29-. The highest BCUT2D eigenvalue weighted by Crippen LogP contribution is 2.28. The van der Waals surface area contributed by atoms with E-state index in [4.69, 9.17) is 14.2 Å². The highest BCUT2D eigenvalue weighted by Gasteiger charge is 2.33. The molecular formula is C32H62N4O4. The van der Waals surface area contributed by atoms with Gasteiger partial charge in [-0.1, -0.05) is 41.5 Å². The largest absolute Gasteiger partial charge is 0.380 e. The van der Waals surface area contributed by atoms with Crippen molar-refractivity contribution in [2.24, 2.45) is 10.8 Å². The summed E-state index contributed by atoms with van der Waals surface area (Å²) in [6, 6.07) is 0.322. The van der Waals surface area contributed by atoms with Gasteiger partial charge in [0.05, 0.1) is 25.4 Å². The van der Waals surface area contributed by atoms with Gasteiger partial charge in [-0.2, -0.15) is 0 Å². The lowest BCUT2D eigenvalue weighted by Crippen LogP contribution is -2.49. The van der Waals surface area contributed by atoms with Gasteiger partial charge in [-0.25, -0.2) is 0 Å². The second-order valence-electron chi connectivity index (χ2n) is 14.5. The van der Waals surface area contributed by atoms with Gasteiger partial charge < -0.3 is 29.3 Å². The number of amides is 1. The highest BCUT2D eigenvalue weighted by molar-refractivity contribution is 5.75. The molecule has 8 heteroatoms. The van der Waals surface area contributed by atoms with Crippen LogP contribution in [0.5, 0.6) is 0 Å². The Bertz CT molecular complexity index is 706. The molecular weight excluding hydrogens is 504 g/mol. The molecule has 3 fully saturated rings. The van der Waals surface area contributed by atoms with Gasteiger partial charge in [-0.3, -0.25) is 9.69 Å². The first-order valence-electron chi connectivity index (χ1n) is 16.3. The van der Waals surface area contributed by atoms with Crippen LogP contribution in [0.1, 0.15) is 86.5 Å². The molecule has 234 valence electrons. The van der Waals surface area contributed by atoms with Crippen molar-refractivity contribution in [1.82, 2.24) is 20.0 Å². The van der Waals surface area contributed by atoms with Gasteiger partial charge in [0, 0.05) is 84.6 Å². The van der Waals surface area contributed by atoms with Gasteiger partial charge in [0.25, 0.3) is 0 Å². The average molecular weight is 567 g/mol. The van der Waals surface area contributed by atoms with Crippen molar-refractivity contribution in [3.63, 3.8) is 0 Å². The van der Waals surface area contributed by atoms with E-state index in [0.717, 1.165) is 104 Å². The maximum atomic E-state index is 11.5. The van der Waals surface area contributed by atoms with Crippen LogP contribution in [-0.2, 0) is 19.0 Å². The van der Waals surface area contributed by atoms with Gasteiger partial charge in [-0.05, 0) is 49.4 Å². The summed E-state index contributed by atoms with van der Waals surface area (Å²) in [5, 5.41) is 3.06. The van der Waals surface area contributed by atoms with Crippen molar-refractivity contribution in [2.45, 2.75) is 105 Å². The number of carbonyl (C=O) groups excluding carboxylic acids is 1. The lowest BCUT2D eigenvalue weighted by atomic mass is 9.86. The molecule has 0 spiro atoms. The molecule has 0 atom stereocenters. The maximum absolute atomic E-state index is 11.5. The molecule has 0 aromatic rings. The first kappa shape index (κ1) is 33.7. The molecule has 3 aliphatic rings. The highest BCUT2D eigenvalue weighted by atomic mass is 16.5. The van der Waals surface area contributed by atoms with Crippen molar-refractivity contribution in [3.8, 4) is 0 Å². The Morgan fingerprint density at radius 1 is 0.750 bits per heavy atom. The van der Waals surface area contributed by atoms with Crippen molar-refractivity contribution in [1.29, 1.82) is 0 Å². The zero-order valence-corrected chi connectivity index (χ0v) is 26.8. The molecule has 0 radical (unpaired) electrons. The van der Waals surface area contributed by atoms with E-state index >= 15 is 0 Å². The number of carbonyl (C=O) groups is 1. The second kappa shape index (κ2) is 16.8. The van der Waals surface area contributed by atoms with E-state index in [-0.39, 0.29) is 11.3 Å². The zero-order valence-electron chi connectivity index (χ0n) is 26.8. The van der Waals surface area contributed by atoms with Gasteiger partial charge in [0.15, 0.2) is 0 Å². The Morgan fingerprint density at radius 3 is 1.80 bits per heavy atom. The molecule has 0 aromatic carbocycles. The Hall–Kier alpha value is -0.770. The van der Waals surface area contributed by atoms with Crippen LogP contribution >= 0.6 is 0 Å². The molecule has 2 heterocycles. The fraction of sp³-hybridized carbons (Fsp3) is 0.969. The Kier molecular flexibility index (Phi) is 14.1. The van der Waals surface area contributed by atoms with E-state index in [0.29, 0.717) is 30.1 Å². The summed E-state index contributed by atoms with van der Waals surface area (Å²) in [5.41, 5.74) is 0.627. The van der Waals surface area contributed by atoms with E-state index in [2.05, 4.69) is 54.6 Å². The van der Waals surface area contributed by atoms with Crippen LogP contribution in [0, 0.1) is 10.8 Å². The minimum Gasteiger partial charge on any atom is -0.380 e. The van der Waals surface area contributed by atoms with Crippen molar-refractivity contribution >= 4 is 5.91 Å². The number of ether oxygens (including phenoxy) is 3. The lowest BCUT2D eigenvalue weighted by molar-refractivity contribution is -0.125. The molecule has 8 nitrogen and oxygen atoms in total. The van der Waals surface area contributed by atoms with Crippen LogP contribution in [0.15, 0.2) is 0 Å². The summed E-state index contributed by atoms with van der Waals surface area (Å²) < 4.78 is 18.3. The van der Waals surface area contributed by atoms with Crippen LogP contribution in [0.3, 0.4) is 0 Å². The summed E-state index contributed by atoms with van der Waals surface area (Å²) in [7, 11) is 0. The Labute approximate surface area is 245 Å². The average Bonchev–Trinajstić information content (AvgIpc) is 2.87. The van der Waals surface area contributed by atoms with Gasteiger partial charge in [-0.15, -0.1) is 0 Å². The number of piperidine rings is 1. The first-order chi connectivity index (χ1) is 19.0. The first-order valence-corrected chi connectivity index (χ1v) is 16.3. The van der Waals surface area contributed by atoms with Crippen LogP contribution in [0.2, 0.25) is 0 Å². The van der Waals surface area contributed by atoms with Crippen molar-refractivity contribution in [3.05, 3.63) is 0 Å². The number of nitrogens with zero attached hydrogens (tertiary/aromatic N) is 3.